The molecule has 94 valence electrons. The van der Waals surface area contributed by atoms with E-state index in [9.17, 15) is 4.39 Å². The van der Waals surface area contributed by atoms with E-state index in [4.69, 9.17) is 5.73 Å². The highest BCUT2D eigenvalue weighted by molar-refractivity contribution is 5.17. The fraction of sp³-hybridized carbons (Fsp3) is 0.571. The molecular formula is C14H21FN2. The Balaban J connectivity index is 1.96. The summed E-state index contributed by atoms with van der Waals surface area (Å²) in [5.74, 6) is 0.287. The van der Waals surface area contributed by atoms with E-state index >= 15 is 0 Å². The van der Waals surface area contributed by atoms with Gasteiger partial charge in [0, 0.05) is 6.04 Å². The van der Waals surface area contributed by atoms with Crippen LogP contribution in [0.5, 0.6) is 0 Å². The van der Waals surface area contributed by atoms with Crippen molar-refractivity contribution in [2.75, 3.05) is 13.1 Å². The Morgan fingerprint density at radius 3 is 2.65 bits per heavy atom. The number of nitrogens with one attached hydrogen (secondary N) is 1. The van der Waals surface area contributed by atoms with Gasteiger partial charge in [0.1, 0.15) is 5.82 Å². The monoisotopic (exact) mass is 236 g/mol. The van der Waals surface area contributed by atoms with Gasteiger partial charge >= 0.3 is 0 Å². The van der Waals surface area contributed by atoms with Gasteiger partial charge in [0.15, 0.2) is 0 Å². The second-order valence-electron chi connectivity index (χ2n) is 4.88. The van der Waals surface area contributed by atoms with Gasteiger partial charge in [-0.05, 0) is 56.0 Å². The molecule has 0 amide bonds. The molecule has 0 bridgehead atoms. The van der Waals surface area contributed by atoms with Crippen LogP contribution in [-0.2, 0) is 6.42 Å². The maximum atomic E-state index is 12.8. The van der Waals surface area contributed by atoms with Gasteiger partial charge in [-0.1, -0.05) is 18.6 Å². The van der Waals surface area contributed by atoms with Crippen LogP contribution < -0.4 is 11.1 Å². The molecule has 0 aromatic heterocycles. The highest BCUT2D eigenvalue weighted by atomic mass is 19.1. The molecule has 0 saturated carbocycles. The number of hydrogen-bond donors (Lipinski definition) is 2. The molecule has 0 aliphatic carbocycles. The van der Waals surface area contributed by atoms with Crippen molar-refractivity contribution in [3.8, 4) is 0 Å². The largest absolute Gasteiger partial charge is 0.330 e. The lowest BCUT2D eigenvalue weighted by molar-refractivity contribution is 0.297. The minimum Gasteiger partial charge on any atom is -0.330 e. The molecule has 2 rings (SSSR count). The summed E-state index contributed by atoms with van der Waals surface area (Å²) in [5.41, 5.74) is 7.04. The zero-order valence-electron chi connectivity index (χ0n) is 10.2. The normalized spacial score (nSPS) is 22.4. The number of rotatable bonds is 4. The predicted octanol–water partition coefficient (Wildman–Crippen LogP) is 2.09. The van der Waals surface area contributed by atoms with Crippen molar-refractivity contribution < 1.29 is 4.39 Å². The first kappa shape index (κ1) is 12.5. The molecule has 1 saturated heterocycles. The second kappa shape index (κ2) is 6.12. The quantitative estimate of drug-likeness (QED) is 0.840. The van der Waals surface area contributed by atoms with Gasteiger partial charge in [-0.15, -0.1) is 0 Å². The Hall–Kier alpha value is -0.930. The molecule has 1 aliphatic rings. The Morgan fingerprint density at radius 2 is 2.06 bits per heavy atom. The van der Waals surface area contributed by atoms with E-state index in [-0.39, 0.29) is 5.82 Å². The summed E-state index contributed by atoms with van der Waals surface area (Å²) in [6.07, 6.45) is 4.71. The van der Waals surface area contributed by atoms with E-state index in [0.717, 1.165) is 13.0 Å². The summed E-state index contributed by atoms with van der Waals surface area (Å²) in [6.45, 7) is 1.79. The third-order valence-electron chi connectivity index (χ3n) is 3.63. The molecule has 0 radical (unpaired) electrons. The van der Waals surface area contributed by atoms with Crippen molar-refractivity contribution in [1.29, 1.82) is 0 Å². The minimum atomic E-state index is -0.172. The molecule has 0 unspecified atom stereocenters. The molecule has 17 heavy (non-hydrogen) atoms. The number of piperidine rings is 1. The van der Waals surface area contributed by atoms with E-state index in [1.807, 2.05) is 12.1 Å². The molecule has 1 aromatic carbocycles. The predicted molar refractivity (Wildman–Crippen MR) is 68.3 cm³/mol. The summed E-state index contributed by atoms with van der Waals surface area (Å²) < 4.78 is 12.8. The fourth-order valence-corrected chi connectivity index (χ4v) is 2.59. The second-order valence-corrected chi connectivity index (χ2v) is 4.88. The topological polar surface area (TPSA) is 38.0 Å². The number of hydrogen-bond acceptors (Lipinski definition) is 2. The molecular weight excluding hydrogens is 215 g/mol. The molecule has 0 spiro atoms. The van der Waals surface area contributed by atoms with Gasteiger partial charge in [-0.2, -0.15) is 0 Å². The average molecular weight is 236 g/mol. The van der Waals surface area contributed by atoms with Crippen molar-refractivity contribution in [2.24, 2.45) is 11.7 Å². The molecule has 1 aliphatic heterocycles. The summed E-state index contributed by atoms with van der Waals surface area (Å²) in [4.78, 5) is 0. The van der Waals surface area contributed by atoms with Crippen molar-refractivity contribution >= 4 is 0 Å². The molecule has 1 heterocycles. The van der Waals surface area contributed by atoms with Gasteiger partial charge in [0.2, 0.25) is 0 Å². The van der Waals surface area contributed by atoms with E-state index in [0.29, 0.717) is 18.5 Å². The van der Waals surface area contributed by atoms with Crippen LogP contribution in [-0.4, -0.2) is 19.1 Å². The van der Waals surface area contributed by atoms with Gasteiger partial charge in [0.05, 0.1) is 0 Å². The van der Waals surface area contributed by atoms with Gasteiger partial charge in [-0.25, -0.2) is 4.39 Å². The third-order valence-corrected chi connectivity index (χ3v) is 3.63. The van der Waals surface area contributed by atoms with Crippen LogP contribution in [0.25, 0.3) is 0 Å². The third kappa shape index (κ3) is 3.51. The first-order valence-corrected chi connectivity index (χ1v) is 6.47. The van der Waals surface area contributed by atoms with E-state index in [2.05, 4.69) is 5.32 Å². The first-order chi connectivity index (χ1) is 8.29. The van der Waals surface area contributed by atoms with Gasteiger partial charge in [0.25, 0.3) is 0 Å². The zero-order valence-corrected chi connectivity index (χ0v) is 10.2. The standard InChI is InChI=1S/C14H21FN2/c15-13-6-4-11(5-7-13)9-12(10-16)14-3-1-2-8-17-14/h4-7,12,14,17H,1-3,8-10,16H2/t12-,14-/m0/s1. The molecule has 2 atom stereocenters. The molecule has 3 N–H and O–H groups in total. The fourth-order valence-electron chi connectivity index (χ4n) is 2.59. The van der Waals surface area contributed by atoms with Crippen molar-refractivity contribution in [1.82, 2.24) is 5.32 Å². The molecule has 1 aromatic rings. The Kier molecular flexibility index (Phi) is 4.51. The van der Waals surface area contributed by atoms with Crippen LogP contribution >= 0.6 is 0 Å². The summed E-state index contributed by atoms with van der Waals surface area (Å²) >= 11 is 0. The van der Waals surface area contributed by atoms with Crippen LogP contribution in [0.1, 0.15) is 24.8 Å². The van der Waals surface area contributed by atoms with E-state index in [1.54, 1.807) is 0 Å². The number of halogens is 1. The van der Waals surface area contributed by atoms with Crippen LogP contribution in [0.15, 0.2) is 24.3 Å². The first-order valence-electron chi connectivity index (χ1n) is 6.47. The smallest absolute Gasteiger partial charge is 0.123 e. The molecule has 3 heteroatoms. The zero-order chi connectivity index (χ0) is 12.1. The van der Waals surface area contributed by atoms with Gasteiger partial charge < -0.3 is 11.1 Å². The van der Waals surface area contributed by atoms with Gasteiger partial charge in [-0.3, -0.25) is 0 Å². The number of benzene rings is 1. The molecule has 1 fully saturated rings. The lowest BCUT2D eigenvalue weighted by Crippen LogP contribution is -2.43. The molecule has 2 nitrogen and oxygen atoms in total. The minimum absolute atomic E-state index is 0.172. The number of nitrogens with two attached hydrogens (primary N) is 1. The van der Waals surface area contributed by atoms with E-state index in [1.165, 1.54) is 37.0 Å². The van der Waals surface area contributed by atoms with Crippen LogP contribution in [0.2, 0.25) is 0 Å². The summed E-state index contributed by atoms with van der Waals surface area (Å²) in [6, 6.07) is 7.30. The van der Waals surface area contributed by atoms with Crippen molar-refractivity contribution in [3.05, 3.63) is 35.6 Å². The maximum Gasteiger partial charge on any atom is 0.123 e. The Labute approximate surface area is 102 Å². The highest BCUT2D eigenvalue weighted by Gasteiger charge is 2.22. The lowest BCUT2D eigenvalue weighted by atomic mass is 9.87. The summed E-state index contributed by atoms with van der Waals surface area (Å²) in [5, 5.41) is 3.55. The van der Waals surface area contributed by atoms with Crippen LogP contribution in [0.3, 0.4) is 0 Å². The SMILES string of the molecule is NC[C@H](Cc1ccc(F)cc1)[C@@H]1CCCCN1. The van der Waals surface area contributed by atoms with Crippen LogP contribution in [0.4, 0.5) is 4.39 Å². The Morgan fingerprint density at radius 1 is 1.29 bits per heavy atom. The van der Waals surface area contributed by atoms with Crippen LogP contribution in [0, 0.1) is 11.7 Å². The highest BCUT2D eigenvalue weighted by Crippen LogP contribution is 2.19. The average Bonchev–Trinajstić information content (AvgIpc) is 2.39. The van der Waals surface area contributed by atoms with E-state index < -0.39 is 0 Å². The lowest BCUT2D eigenvalue weighted by Gasteiger charge is -2.30. The Bertz CT molecular complexity index is 331. The van der Waals surface area contributed by atoms with Crippen molar-refractivity contribution in [2.45, 2.75) is 31.7 Å². The van der Waals surface area contributed by atoms with Crippen molar-refractivity contribution in [3.63, 3.8) is 0 Å². The maximum absolute atomic E-state index is 12.8. The summed E-state index contributed by atoms with van der Waals surface area (Å²) in [7, 11) is 0.